The van der Waals surface area contributed by atoms with Gasteiger partial charge in [-0.05, 0) is 12.5 Å². The van der Waals surface area contributed by atoms with Crippen molar-refractivity contribution in [2.24, 2.45) is 11.0 Å². The van der Waals surface area contributed by atoms with Crippen molar-refractivity contribution in [3.05, 3.63) is 10.4 Å². The third-order valence-electron chi connectivity index (χ3n) is 4.15. The van der Waals surface area contributed by atoms with Gasteiger partial charge in [-0.25, -0.2) is 0 Å². The SMILES string of the molecule is C.C[C@@H]1OC(Br)[C@H](C)[C@H](O)[C@H]1O.[Ac].[Ac].[Ac].[Ac].[Ac].[N-]=[N+]=N[C@H]1C(Br)O[C@H](CO)[C@H](O)[C@@H]1O. The largest absolute Gasteiger partial charge is 0.394 e. The Hall–Kier alpha value is 7.20. The van der Waals surface area contributed by atoms with Crippen molar-refractivity contribution in [1.82, 2.24) is 0 Å². The van der Waals surface area contributed by atoms with E-state index >= 15 is 0 Å². The number of aliphatic hydroxyl groups is 5. The Kier molecular flexibility index (Phi) is 45.0. The van der Waals surface area contributed by atoms with Crippen LogP contribution in [-0.2, 0) is 9.47 Å². The van der Waals surface area contributed by atoms with Gasteiger partial charge < -0.3 is 35.0 Å². The first-order valence-corrected chi connectivity index (χ1v) is 9.45. The number of hydrogen-bond acceptors (Lipinski definition) is 8. The molecule has 2 heterocycles. The smallest absolute Gasteiger partial charge is 0.124 e. The van der Waals surface area contributed by atoms with Crippen LogP contribution in [0.3, 0.4) is 0 Å². The molecule has 2 aliphatic heterocycles. The molecule has 2 saturated heterocycles. The Morgan fingerprint density at radius 2 is 1.32 bits per heavy atom. The number of alkyl halides is 2. The van der Waals surface area contributed by atoms with Gasteiger partial charge in [-0.15, -0.1) is 0 Å². The molecule has 0 aromatic carbocycles. The molecule has 2 fully saturated rings. The summed E-state index contributed by atoms with van der Waals surface area (Å²) in [5, 5.41) is 48.9. The summed E-state index contributed by atoms with van der Waals surface area (Å²) >= 11 is 6.30. The predicted octanol–water partition coefficient (Wildman–Crippen LogP) is 0.619. The van der Waals surface area contributed by atoms with E-state index in [2.05, 4.69) is 41.9 Å². The predicted molar refractivity (Wildman–Crippen MR) is 101 cm³/mol. The third kappa shape index (κ3) is 16.9. The Balaban J connectivity index is -0.0000000858. The number of aliphatic hydroxyl groups excluding tert-OH is 5. The van der Waals surface area contributed by atoms with Gasteiger partial charge in [0, 0.05) is 231 Å². The van der Waals surface area contributed by atoms with Crippen molar-refractivity contribution in [2.75, 3.05) is 6.61 Å². The van der Waals surface area contributed by atoms with Gasteiger partial charge in [0.25, 0.3) is 0 Å². The standard InChI is InChI=1S/C7H13BrO3.C6H10BrN3O4.CH4.5Ac/c1-3-5(9)6(10)4(2)11-7(3)8;7-6-3(9-10-8)5(13)4(12)2(1-11)14-6;;;;;;/h3-7,9-10H,1-2H3;2-6,11-13H,1H2;1H4;;;;;/t3-,4+,5+,6+,7?;2-,3-,4+,5-,6?;;;;;;/m11....../s1. The van der Waals surface area contributed by atoms with Crippen molar-refractivity contribution in [1.29, 1.82) is 0 Å². The average molecular weight is 1640 g/mol. The summed E-state index contributed by atoms with van der Waals surface area (Å²) in [5.41, 5.74) is 8.20. The number of azide groups is 1. The Bertz CT molecular complexity index is 478. The van der Waals surface area contributed by atoms with Crippen LogP contribution in [0, 0.1) is 226 Å². The molecule has 0 saturated carbocycles. The first-order valence-electron chi connectivity index (χ1n) is 7.62. The first-order chi connectivity index (χ1) is 11.6. The van der Waals surface area contributed by atoms with Crippen LogP contribution < -0.4 is 0 Å². The van der Waals surface area contributed by atoms with Crippen LogP contribution in [0.25, 0.3) is 10.4 Å². The molecule has 5 radical (unpaired) electrons. The minimum atomic E-state index is -1.26. The molecule has 5 N–H and O–H groups in total. The molecule has 2 aliphatic rings. The number of halogens is 2. The molecule has 0 aromatic heterocycles. The molecule has 10 atom stereocenters. The second kappa shape index (κ2) is 27.4. The van der Waals surface area contributed by atoms with Crippen LogP contribution in [0.2, 0.25) is 0 Å². The van der Waals surface area contributed by atoms with Crippen LogP contribution in [-0.4, -0.2) is 84.8 Å². The maximum absolute atomic E-state index is 9.50. The van der Waals surface area contributed by atoms with Crippen LogP contribution >= 0.6 is 31.9 Å². The van der Waals surface area contributed by atoms with E-state index < -0.39 is 48.2 Å². The van der Waals surface area contributed by atoms with Gasteiger partial charge >= 0.3 is 0 Å². The minimum Gasteiger partial charge on any atom is -0.394 e. The minimum absolute atomic E-state index is 0. The van der Waals surface area contributed by atoms with E-state index in [0.29, 0.717) is 0 Å². The summed E-state index contributed by atoms with van der Waals surface area (Å²) in [7, 11) is 0. The summed E-state index contributed by atoms with van der Waals surface area (Å²) < 4.78 is 10.4. The van der Waals surface area contributed by atoms with E-state index in [1.54, 1.807) is 6.92 Å². The molecule has 31 heavy (non-hydrogen) atoms. The Morgan fingerprint density at radius 3 is 1.74 bits per heavy atom. The number of hydrogen-bond donors (Lipinski definition) is 5. The fraction of sp³-hybridized carbons (Fsp3) is 1.00. The van der Waals surface area contributed by atoms with Crippen LogP contribution in [0.1, 0.15) is 21.3 Å². The maximum Gasteiger partial charge on any atom is 0.124 e. The number of ether oxygens (including phenoxy) is 2. The Morgan fingerprint density at radius 1 is 0.839 bits per heavy atom. The zero-order valence-corrected chi connectivity index (χ0v) is 43.4. The van der Waals surface area contributed by atoms with Gasteiger partial charge in [0.2, 0.25) is 0 Å². The zero-order chi connectivity index (χ0) is 19.3. The van der Waals surface area contributed by atoms with Crippen LogP contribution in [0.5, 0.6) is 0 Å². The molecule has 0 bridgehead atoms. The molecule has 0 amide bonds. The van der Waals surface area contributed by atoms with Gasteiger partial charge in [-0.1, -0.05) is 51.3 Å². The summed E-state index contributed by atoms with van der Waals surface area (Å²) in [6.07, 6.45) is -5.14. The summed E-state index contributed by atoms with van der Waals surface area (Å²) in [6.45, 7) is 3.16. The molecular formula is C14H27Ac5Br2N3O7. The molecule has 0 spiro atoms. The number of nitrogens with zero attached hydrogens (tertiary/aromatic N) is 3. The number of rotatable bonds is 2. The molecule has 2 unspecified atom stereocenters. The van der Waals surface area contributed by atoms with Crippen molar-refractivity contribution >= 4 is 31.9 Å². The van der Waals surface area contributed by atoms with Crippen LogP contribution in [0.4, 0.5) is 0 Å². The maximum atomic E-state index is 9.50. The van der Waals surface area contributed by atoms with E-state index in [-0.39, 0.29) is 245 Å². The van der Waals surface area contributed by atoms with Crippen molar-refractivity contribution in [2.45, 2.75) is 74.0 Å². The quantitative estimate of drug-likeness (QED) is 0.117. The normalized spacial score (nSPS) is 38.1. The second-order valence-corrected chi connectivity index (χ2v) is 7.72. The van der Waals surface area contributed by atoms with Crippen molar-refractivity contribution in [3.8, 4) is 0 Å². The summed E-state index contributed by atoms with van der Waals surface area (Å²) in [6, 6.07) is -0.905. The van der Waals surface area contributed by atoms with E-state index in [4.69, 9.17) is 20.1 Å². The molecule has 17 heteroatoms. The fourth-order valence-electron chi connectivity index (χ4n) is 2.39. The average Bonchev–Trinajstić information content (AvgIpc) is 2.58. The van der Waals surface area contributed by atoms with Gasteiger partial charge in [0.15, 0.2) is 0 Å². The first kappa shape index (κ1) is 51.0. The molecule has 0 aromatic rings. The van der Waals surface area contributed by atoms with E-state index in [1.807, 2.05) is 6.92 Å². The molecular weight excluding hydrogens is 1620 g/mol. The van der Waals surface area contributed by atoms with Crippen molar-refractivity contribution in [3.63, 3.8) is 0 Å². The van der Waals surface area contributed by atoms with Gasteiger partial charge in [0.05, 0.1) is 24.9 Å². The third-order valence-corrected chi connectivity index (χ3v) is 5.95. The molecule has 2 rings (SSSR count). The van der Waals surface area contributed by atoms with E-state index in [9.17, 15) is 20.4 Å². The summed E-state index contributed by atoms with van der Waals surface area (Å²) in [4.78, 5) is 2.53. The molecule has 0 aliphatic carbocycles. The Labute approximate surface area is 379 Å². The van der Waals surface area contributed by atoms with Gasteiger partial charge in [-0.2, -0.15) is 0 Å². The fourth-order valence-corrected chi connectivity index (χ4v) is 3.74. The van der Waals surface area contributed by atoms with Gasteiger partial charge in [-0.3, -0.25) is 0 Å². The monoisotopic (exact) mass is 1640 g/mol. The molecule has 169 valence electrons. The van der Waals surface area contributed by atoms with Crippen molar-refractivity contribution < 1.29 is 255 Å². The van der Waals surface area contributed by atoms with Crippen LogP contribution in [0.15, 0.2) is 5.11 Å². The second-order valence-electron chi connectivity index (χ2n) is 5.92. The molecule has 10 nitrogen and oxygen atoms in total. The zero-order valence-electron chi connectivity index (χ0n) is 16.5. The summed E-state index contributed by atoms with van der Waals surface area (Å²) in [5.74, 6) is -0.0683. The van der Waals surface area contributed by atoms with Gasteiger partial charge in [0.1, 0.15) is 34.4 Å². The van der Waals surface area contributed by atoms with E-state index in [1.165, 1.54) is 0 Å². The van der Waals surface area contributed by atoms with E-state index in [0.717, 1.165) is 0 Å². The topological polar surface area (TPSA) is 168 Å².